The van der Waals surface area contributed by atoms with Gasteiger partial charge >= 0.3 is 6.09 Å². The Hall–Kier alpha value is -1.51. The van der Waals surface area contributed by atoms with E-state index in [9.17, 15) is 4.79 Å². The minimum atomic E-state index is -0.400. The molecule has 1 aromatic rings. The average molecular weight is 193 g/mol. The Morgan fingerprint density at radius 1 is 1.36 bits per heavy atom. The van der Waals surface area contributed by atoms with E-state index in [4.69, 9.17) is 4.74 Å². The Kier molecular flexibility index (Phi) is 3.51. The van der Waals surface area contributed by atoms with Crippen molar-refractivity contribution in [2.24, 2.45) is 0 Å². The van der Waals surface area contributed by atoms with Crippen molar-refractivity contribution in [3.8, 4) is 0 Å². The molecule has 0 radical (unpaired) electrons. The van der Waals surface area contributed by atoms with Crippen LogP contribution in [0.1, 0.15) is 16.7 Å². The van der Waals surface area contributed by atoms with Crippen LogP contribution in [0, 0.1) is 13.8 Å². The van der Waals surface area contributed by atoms with E-state index < -0.39 is 6.09 Å². The first-order valence-electron chi connectivity index (χ1n) is 4.54. The molecule has 1 aromatic carbocycles. The molecule has 3 nitrogen and oxygen atoms in total. The smallest absolute Gasteiger partial charge is 0.407 e. The number of ether oxygens (including phenoxy) is 1. The minimum absolute atomic E-state index is 0.320. The summed E-state index contributed by atoms with van der Waals surface area (Å²) in [5.74, 6) is 0. The lowest BCUT2D eigenvalue weighted by Gasteiger charge is -2.06. The first-order valence-corrected chi connectivity index (χ1v) is 4.54. The van der Waals surface area contributed by atoms with Crippen LogP contribution in [0.3, 0.4) is 0 Å². The zero-order valence-electron chi connectivity index (χ0n) is 8.76. The number of aryl methyl sites for hydroxylation is 2. The van der Waals surface area contributed by atoms with Crippen LogP contribution in [-0.4, -0.2) is 13.1 Å². The minimum Gasteiger partial charge on any atom is -0.445 e. The summed E-state index contributed by atoms with van der Waals surface area (Å²) in [7, 11) is 1.54. The molecule has 0 fully saturated rings. The fourth-order valence-electron chi connectivity index (χ4n) is 1.11. The third-order valence-corrected chi connectivity index (χ3v) is 2.15. The van der Waals surface area contributed by atoms with Gasteiger partial charge in [-0.15, -0.1) is 0 Å². The molecule has 0 bridgehead atoms. The van der Waals surface area contributed by atoms with Gasteiger partial charge in [0.25, 0.3) is 0 Å². The highest BCUT2D eigenvalue weighted by Gasteiger charge is 2.00. The number of hydrogen-bond donors (Lipinski definition) is 1. The molecule has 0 aromatic heterocycles. The lowest BCUT2D eigenvalue weighted by molar-refractivity contribution is 0.142. The van der Waals surface area contributed by atoms with E-state index in [-0.39, 0.29) is 0 Å². The number of nitrogens with one attached hydrogen (secondary N) is 1. The van der Waals surface area contributed by atoms with E-state index in [2.05, 4.69) is 12.2 Å². The largest absolute Gasteiger partial charge is 0.445 e. The zero-order valence-corrected chi connectivity index (χ0v) is 8.76. The van der Waals surface area contributed by atoms with Gasteiger partial charge in [-0.1, -0.05) is 18.2 Å². The van der Waals surface area contributed by atoms with Crippen molar-refractivity contribution in [1.29, 1.82) is 0 Å². The molecule has 0 spiro atoms. The molecule has 0 saturated heterocycles. The summed E-state index contributed by atoms with van der Waals surface area (Å²) in [6.07, 6.45) is -0.400. The van der Waals surface area contributed by atoms with E-state index in [1.165, 1.54) is 11.1 Å². The molecule has 0 aliphatic heterocycles. The highest BCUT2D eigenvalue weighted by molar-refractivity contribution is 5.66. The van der Waals surface area contributed by atoms with Crippen molar-refractivity contribution in [3.63, 3.8) is 0 Å². The summed E-state index contributed by atoms with van der Waals surface area (Å²) in [5, 5.41) is 2.40. The molecule has 0 aliphatic carbocycles. The second-order valence-corrected chi connectivity index (χ2v) is 3.24. The van der Waals surface area contributed by atoms with E-state index in [1.807, 2.05) is 25.1 Å². The van der Waals surface area contributed by atoms with Crippen LogP contribution >= 0.6 is 0 Å². The van der Waals surface area contributed by atoms with Crippen LogP contribution in [0.4, 0.5) is 4.79 Å². The molecule has 1 N–H and O–H groups in total. The molecule has 0 unspecified atom stereocenters. The molecule has 76 valence electrons. The predicted octanol–water partition coefficient (Wildman–Crippen LogP) is 2.16. The van der Waals surface area contributed by atoms with Gasteiger partial charge in [-0.3, -0.25) is 0 Å². The summed E-state index contributed by atoms with van der Waals surface area (Å²) >= 11 is 0. The predicted molar refractivity (Wildman–Crippen MR) is 55.2 cm³/mol. The fourth-order valence-corrected chi connectivity index (χ4v) is 1.11. The van der Waals surface area contributed by atoms with Gasteiger partial charge in [0.2, 0.25) is 0 Å². The van der Waals surface area contributed by atoms with Gasteiger partial charge in [-0.25, -0.2) is 4.79 Å². The van der Waals surface area contributed by atoms with Gasteiger partial charge in [-0.2, -0.15) is 0 Å². The van der Waals surface area contributed by atoms with Crippen molar-refractivity contribution in [2.75, 3.05) is 7.05 Å². The van der Waals surface area contributed by atoms with Crippen LogP contribution in [-0.2, 0) is 11.3 Å². The normalized spacial score (nSPS) is 9.64. The summed E-state index contributed by atoms with van der Waals surface area (Å²) in [5.41, 5.74) is 3.47. The SMILES string of the molecule is CNC(=O)OCc1ccc(C)c(C)c1. The number of carbonyl (C=O) groups excluding carboxylic acids is 1. The Bertz CT molecular complexity index is 334. The van der Waals surface area contributed by atoms with Crippen LogP contribution < -0.4 is 5.32 Å². The van der Waals surface area contributed by atoms with Crippen LogP contribution in [0.15, 0.2) is 18.2 Å². The summed E-state index contributed by atoms with van der Waals surface area (Å²) in [6, 6.07) is 6.02. The second-order valence-electron chi connectivity index (χ2n) is 3.24. The topological polar surface area (TPSA) is 38.3 Å². The molecule has 1 amide bonds. The molecule has 14 heavy (non-hydrogen) atoms. The lowest BCUT2D eigenvalue weighted by atomic mass is 10.1. The van der Waals surface area contributed by atoms with Gasteiger partial charge in [0, 0.05) is 7.05 Å². The van der Waals surface area contributed by atoms with Gasteiger partial charge in [-0.05, 0) is 30.5 Å². The van der Waals surface area contributed by atoms with E-state index in [0.29, 0.717) is 6.61 Å². The van der Waals surface area contributed by atoms with Crippen LogP contribution in [0.2, 0.25) is 0 Å². The highest BCUT2D eigenvalue weighted by atomic mass is 16.5. The molecule has 0 aliphatic rings. The first kappa shape index (κ1) is 10.6. The van der Waals surface area contributed by atoms with E-state index in [1.54, 1.807) is 7.05 Å². The number of carbonyl (C=O) groups is 1. The van der Waals surface area contributed by atoms with Crippen molar-refractivity contribution in [1.82, 2.24) is 5.32 Å². The van der Waals surface area contributed by atoms with E-state index in [0.717, 1.165) is 5.56 Å². The number of hydrogen-bond acceptors (Lipinski definition) is 2. The Labute approximate surface area is 84.1 Å². The number of amides is 1. The lowest BCUT2D eigenvalue weighted by Crippen LogP contribution is -2.18. The van der Waals surface area contributed by atoms with Gasteiger partial charge in [0.05, 0.1) is 0 Å². The summed E-state index contributed by atoms with van der Waals surface area (Å²) in [6.45, 7) is 4.41. The molecule has 0 heterocycles. The molecule has 0 atom stereocenters. The number of rotatable bonds is 2. The Balaban J connectivity index is 2.60. The molecule has 0 saturated carbocycles. The van der Waals surface area contributed by atoms with Crippen molar-refractivity contribution in [3.05, 3.63) is 34.9 Å². The fraction of sp³-hybridized carbons (Fsp3) is 0.364. The summed E-state index contributed by atoms with van der Waals surface area (Å²) < 4.78 is 4.92. The van der Waals surface area contributed by atoms with Gasteiger partial charge in [0.1, 0.15) is 6.61 Å². The third-order valence-electron chi connectivity index (χ3n) is 2.15. The zero-order chi connectivity index (χ0) is 10.6. The Morgan fingerprint density at radius 2 is 2.07 bits per heavy atom. The third kappa shape index (κ3) is 2.76. The monoisotopic (exact) mass is 193 g/mol. The maximum atomic E-state index is 10.8. The Morgan fingerprint density at radius 3 is 2.64 bits per heavy atom. The maximum absolute atomic E-state index is 10.8. The summed E-state index contributed by atoms with van der Waals surface area (Å²) in [4.78, 5) is 10.8. The molecule has 3 heteroatoms. The van der Waals surface area contributed by atoms with Gasteiger partial charge < -0.3 is 10.1 Å². The van der Waals surface area contributed by atoms with Crippen LogP contribution in [0.25, 0.3) is 0 Å². The van der Waals surface area contributed by atoms with E-state index >= 15 is 0 Å². The standard InChI is InChI=1S/C11H15NO2/c1-8-4-5-10(6-9(8)2)7-14-11(13)12-3/h4-6H,7H2,1-3H3,(H,12,13). The average Bonchev–Trinajstić information content (AvgIpc) is 2.19. The quantitative estimate of drug-likeness (QED) is 0.781. The first-order chi connectivity index (χ1) is 6.63. The van der Waals surface area contributed by atoms with Crippen molar-refractivity contribution in [2.45, 2.75) is 20.5 Å². The number of alkyl carbamates (subject to hydrolysis) is 1. The number of benzene rings is 1. The van der Waals surface area contributed by atoms with Crippen molar-refractivity contribution >= 4 is 6.09 Å². The van der Waals surface area contributed by atoms with Crippen LogP contribution in [0.5, 0.6) is 0 Å². The maximum Gasteiger partial charge on any atom is 0.407 e. The molecular formula is C11H15NO2. The van der Waals surface area contributed by atoms with Crippen molar-refractivity contribution < 1.29 is 9.53 Å². The second kappa shape index (κ2) is 4.65. The van der Waals surface area contributed by atoms with Gasteiger partial charge in [0.15, 0.2) is 0 Å². The highest BCUT2D eigenvalue weighted by Crippen LogP contribution is 2.10. The molecular weight excluding hydrogens is 178 g/mol. The molecule has 1 rings (SSSR count).